The molecule has 0 spiro atoms. The fraction of sp³-hybridized carbons (Fsp3) is 0.562. The van der Waals surface area contributed by atoms with Crippen LogP contribution in [0.5, 0.6) is 11.5 Å². The fourth-order valence-electron chi connectivity index (χ4n) is 2.90. The van der Waals surface area contributed by atoms with E-state index in [9.17, 15) is 4.79 Å². The summed E-state index contributed by atoms with van der Waals surface area (Å²) in [5.41, 5.74) is 0.559. The first-order valence-electron chi connectivity index (χ1n) is 7.63. The van der Waals surface area contributed by atoms with Crippen molar-refractivity contribution in [2.45, 2.75) is 13.3 Å². The third kappa shape index (κ3) is 3.13. The Morgan fingerprint density at radius 3 is 3.10 bits per heavy atom. The summed E-state index contributed by atoms with van der Waals surface area (Å²) in [6.07, 6.45) is 1.16. The Kier molecular flexibility index (Phi) is 4.29. The van der Waals surface area contributed by atoms with Gasteiger partial charge in [-0.2, -0.15) is 0 Å². The van der Waals surface area contributed by atoms with Crippen molar-refractivity contribution >= 4 is 5.91 Å². The van der Waals surface area contributed by atoms with Gasteiger partial charge in [-0.05, 0) is 43.5 Å². The second-order valence-corrected chi connectivity index (χ2v) is 5.77. The van der Waals surface area contributed by atoms with E-state index in [1.807, 2.05) is 12.1 Å². The van der Waals surface area contributed by atoms with E-state index in [4.69, 9.17) is 9.47 Å². The predicted octanol–water partition coefficient (Wildman–Crippen LogP) is 1.43. The first kappa shape index (κ1) is 14.2. The molecule has 5 nitrogen and oxygen atoms in total. The zero-order valence-corrected chi connectivity index (χ0v) is 12.4. The van der Waals surface area contributed by atoms with E-state index in [-0.39, 0.29) is 5.91 Å². The number of rotatable bonds is 3. The molecule has 5 heteroatoms. The van der Waals surface area contributed by atoms with Gasteiger partial charge in [0.1, 0.15) is 13.2 Å². The molecule has 1 fully saturated rings. The Labute approximate surface area is 125 Å². The summed E-state index contributed by atoms with van der Waals surface area (Å²) in [5.74, 6) is 2.25. The Balaban J connectivity index is 1.65. The van der Waals surface area contributed by atoms with Gasteiger partial charge in [0, 0.05) is 6.54 Å². The molecule has 2 N–H and O–H groups in total. The predicted molar refractivity (Wildman–Crippen MR) is 79.9 cm³/mol. The van der Waals surface area contributed by atoms with Crippen LogP contribution in [0.2, 0.25) is 0 Å². The van der Waals surface area contributed by atoms with E-state index in [1.54, 1.807) is 6.07 Å². The molecule has 2 aliphatic heterocycles. The molecule has 1 aromatic carbocycles. The lowest BCUT2D eigenvalue weighted by Gasteiger charge is -2.29. The van der Waals surface area contributed by atoms with Crippen LogP contribution in [0, 0.1) is 11.8 Å². The monoisotopic (exact) mass is 290 g/mol. The number of carbonyl (C=O) groups excluding carboxylic acids is 1. The molecule has 2 atom stereocenters. The van der Waals surface area contributed by atoms with E-state index in [0.717, 1.165) is 19.5 Å². The molecule has 114 valence electrons. The number of piperidine rings is 1. The molecule has 1 saturated heterocycles. The molecule has 0 saturated carbocycles. The molecule has 0 radical (unpaired) electrons. The van der Waals surface area contributed by atoms with Crippen LogP contribution in [0.1, 0.15) is 23.7 Å². The molecule has 1 aromatic rings. The zero-order valence-electron chi connectivity index (χ0n) is 12.4. The van der Waals surface area contributed by atoms with E-state index in [1.165, 1.54) is 0 Å². The number of hydrogen-bond acceptors (Lipinski definition) is 4. The van der Waals surface area contributed by atoms with Gasteiger partial charge in [0.25, 0.3) is 5.91 Å². The molecule has 2 aliphatic rings. The van der Waals surface area contributed by atoms with Gasteiger partial charge in [-0.1, -0.05) is 13.0 Å². The van der Waals surface area contributed by atoms with Crippen molar-refractivity contribution < 1.29 is 14.3 Å². The zero-order chi connectivity index (χ0) is 14.7. The van der Waals surface area contributed by atoms with Gasteiger partial charge in [0.05, 0.1) is 5.56 Å². The molecular weight excluding hydrogens is 268 g/mol. The van der Waals surface area contributed by atoms with Crippen LogP contribution in [-0.4, -0.2) is 38.8 Å². The van der Waals surface area contributed by atoms with Gasteiger partial charge in [0.2, 0.25) is 0 Å². The molecular formula is C16H22N2O3. The normalized spacial score (nSPS) is 24.4. The number of fused-ring (bicyclic) bond motifs is 1. The summed E-state index contributed by atoms with van der Waals surface area (Å²) in [6.45, 7) is 6.00. The number of hydrogen-bond donors (Lipinski definition) is 2. The first-order chi connectivity index (χ1) is 10.3. The Hall–Kier alpha value is -1.75. The molecule has 0 aromatic heterocycles. The van der Waals surface area contributed by atoms with E-state index < -0.39 is 0 Å². The van der Waals surface area contributed by atoms with E-state index in [0.29, 0.717) is 48.7 Å². The third-order valence-electron chi connectivity index (χ3n) is 4.32. The SMILES string of the molecule is CC1CCNCC1CNC(=O)c1cccc2c1OCCO2. The van der Waals surface area contributed by atoms with Crippen LogP contribution >= 0.6 is 0 Å². The van der Waals surface area contributed by atoms with Gasteiger partial charge in [-0.15, -0.1) is 0 Å². The summed E-state index contributed by atoms with van der Waals surface area (Å²) >= 11 is 0. The van der Waals surface area contributed by atoms with Crippen molar-refractivity contribution in [3.8, 4) is 11.5 Å². The van der Waals surface area contributed by atoms with Crippen LogP contribution in [-0.2, 0) is 0 Å². The van der Waals surface area contributed by atoms with Gasteiger partial charge >= 0.3 is 0 Å². The molecule has 2 heterocycles. The maximum Gasteiger partial charge on any atom is 0.255 e. The average molecular weight is 290 g/mol. The highest BCUT2D eigenvalue weighted by atomic mass is 16.6. The minimum Gasteiger partial charge on any atom is -0.486 e. The maximum atomic E-state index is 12.4. The highest BCUT2D eigenvalue weighted by Gasteiger charge is 2.24. The van der Waals surface area contributed by atoms with Crippen molar-refractivity contribution in [3.05, 3.63) is 23.8 Å². The topological polar surface area (TPSA) is 59.6 Å². The summed E-state index contributed by atoms with van der Waals surface area (Å²) in [4.78, 5) is 12.4. The quantitative estimate of drug-likeness (QED) is 0.884. The molecule has 2 unspecified atom stereocenters. The smallest absolute Gasteiger partial charge is 0.255 e. The number of ether oxygens (including phenoxy) is 2. The lowest BCUT2D eigenvalue weighted by molar-refractivity contribution is 0.0928. The highest BCUT2D eigenvalue weighted by molar-refractivity contribution is 5.97. The van der Waals surface area contributed by atoms with Gasteiger partial charge < -0.3 is 20.1 Å². The summed E-state index contributed by atoms with van der Waals surface area (Å²) in [5, 5.41) is 6.42. The van der Waals surface area contributed by atoms with Crippen molar-refractivity contribution in [2.24, 2.45) is 11.8 Å². The van der Waals surface area contributed by atoms with E-state index in [2.05, 4.69) is 17.6 Å². The fourth-order valence-corrected chi connectivity index (χ4v) is 2.90. The lowest BCUT2D eigenvalue weighted by Crippen LogP contribution is -2.42. The summed E-state index contributed by atoms with van der Waals surface area (Å²) in [7, 11) is 0. The van der Waals surface area contributed by atoms with Crippen LogP contribution in [0.15, 0.2) is 18.2 Å². The van der Waals surface area contributed by atoms with Crippen LogP contribution in [0.3, 0.4) is 0 Å². The number of nitrogens with one attached hydrogen (secondary N) is 2. The summed E-state index contributed by atoms with van der Waals surface area (Å²) in [6, 6.07) is 5.44. The van der Waals surface area contributed by atoms with Crippen LogP contribution in [0.4, 0.5) is 0 Å². The Morgan fingerprint density at radius 2 is 2.24 bits per heavy atom. The van der Waals surface area contributed by atoms with Gasteiger partial charge in [-0.25, -0.2) is 0 Å². The minimum atomic E-state index is -0.0878. The molecule has 0 aliphatic carbocycles. The Morgan fingerprint density at radius 1 is 1.38 bits per heavy atom. The van der Waals surface area contributed by atoms with Crippen molar-refractivity contribution in [2.75, 3.05) is 32.8 Å². The van der Waals surface area contributed by atoms with Gasteiger partial charge in [0.15, 0.2) is 11.5 Å². The lowest BCUT2D eigenvalue weighted by atomic mass is 9.88. The molecule has 1 amide bonds. The van der Waals surface area contributed by atoms with Crippen molar-refractivity contribution in [1.82, 2.24) is 10.6 Å². The number of amides is 1. The highest BCUT2D eigenvalue weighted by Crippen LogP contribution is 2.33. The van der Waals surface area contributed by atoms with E-state index >= 15 is 0 Å². The van der Waals surface area contributed by atoms with Crippen LogP contribution < -0.4 is 20.1 Å². The standard InChI is InChI=1S/C16H22N2O3/c1-11-5-6-17-9-12(11)10-18-16(19)13-3-2-4-14-15(13)21-8-7-20-14/h2-4,11-12,17H,5-10H2,1H3,(H,18,19). The maximum absolute atomic E-state index is 12.4. The third-order valence-corrected chi connectivity index (χ3v) is 4.32. The number of benzene rings is 1. The van der Waals surface area contributed by atoms with Gasteiger partial charge in [-0.3, -0.25) is 4.79 Å². The molecule has 21 heavy (non-hydrogen) atoms. The first-order valence-corrected chi connectivity index (χ1v) is 7.63. The molecule has 0 bridgehead atoms. The number of carbonyl (C=O) groups is 1. The Bertz CT molecular complexity index is 518. The second-order valence-electron chi connectivity index (χ2n) is 5.77. The van der Waals surface area contributed by atoms with Crippen LogP contribution in [0.25, 0.3) is 0 Å². The largest absolute Gasteiger partial charge is 0.486 e. The minimum absolute atomic E-state index is 0.0878. The van der Waals surface area contributed by atoms with Crippen molar-refractivity contribution in [1.29, 1.82) is 0 Å². The number of para-hydroxylation sites is 1. The van der Waals surface area contributed by atoms with Crippen molar-refractivity contribution in [3.63, 3.8) is 0 Å². The second kappa shape index (κ2) is 6.35. The summed E-state index contributed by atoms with van der Waals surface area (Å²) < 4.78 is 11.1. The molecule has 3 rings (SSSR count). The average Bonchev–Trinajstić information content (AvgIpc) is 2.53.